The number of nitrogens with one attached hydrogen (secondary N) is 1. The number of benzene rings is 1. The molecule has 1 aliphatic heterocycles. The largest absolute Gasteiger partial charge is 0.348 e. The lowest BCUT2D eigenvalue weighted by Crippen LogP contribution is -2.47. The van der Waals surface area contributed by atoms with Crippen molar-refractivity contribution in [3.63, 3.8) is 0 Å². The molecule has 0 aliphatic carbocycles. The highest BCUT2D eigenvalue weighted by Gasteiger charge is 2.31. The molecule has 2 amide bonds. The van der Waals surface area contributed by atoms with Gasteiger partial charge in [0.25, 0.3) is 0 Å². The normalized spacial score (nSPS) is 17.2. The van der Waals surface area contributed by atoms with Crippen molar-refractivity contribution in [1.29, 1.82) is 0 Å². The number of hydrogen-bond acceptors (Lipinski definition) is 1. The van der Waals surface area contributed by atoms with Crippen molar-refractivity contribution >= 4 is 17.6 Å². The lowest BCUT2D eigenvalue weighted by molar-refractivity contribution is 0.169. The van der Waals surface area contributed by atoms with E-state index in [4.69, 9.17) is 11.6 Å². The van der Waals surface area contributed by atoms with Crippen LogP contribution < -0.4 is 5.32 Å². The van der Waals surface area contributed by atoms with Crippen LogP contribution in [-0.2, 0) is 6.54 Å². The molecule has 116 valence electrons. The minimum Gasteiger partial charge on any atom is -0.348 e. The van der Waals surface area contributed by atoms with Gasteiger partial charge in [0.2, 0.25) is 0 Å². The molecule has 0 saturated carbocycles. The molecule has 2 heterocycles. The van der Waals surface area contributed by atoms with Crippen molar-refractivity contribution in [1.82, 2.24) is 14.8 Å². The second-order valence-corrected chi connectivity index (χ2v) is 5.57. The highest BCUT2D eigenvalue weighted by atomic mass is 35.5. The first-order valence-corrected chi connectivity index (χ1v) is 7.75. The zero-order valence-electron chi connectivity index (χ0n) is 12.0. The van der Waals surface area contributed by atoms with Crippen LogP contribution in [0.25, 0.3) is 0 Å². The Bertz CT molecular complexity index is 656. The van der Waals surface area contributed by atoms with Gasteiger partial charge >= 0.3 is 6.03 Å². The number of alkyl halides is 1. The number of aromatic nitrogens is 1. The highest BCUT2D eigenvalue weighted by molar-refractivity contribution is 6.18. The fraction of sp³-hybridized carbons (Fsp3) is 0.312. The smallest absolute Gasteiger partial charge is 0.318 e. The molecule has 0 bridgehead atoms. The summed E-state index contributed by atoms with van der Waals surface area (Å²) in [6.07, 6.45) is 2.00. The number of hydrogen-bond donors (Lipinski definition) is 1. The quantitative estimate of drug-likeness (QED) is 0.867. The van der Waals surface area contributed by atoms with Crippen LogP contribution in [0.4, 0.5) is 9.18 Å². The molecule has 0 fully saturated rings. The highest BCUT2D eigenvalue weighted by Crippen LogP contribution is 2.32. The number of nitrogens with zero attached hydrogens (tertiary/aromatic N) is 2. The van der Waals surface area contributed by atoms with Gasteiger partial charge in [-0.05, 0) is 29.8 Å². The van der Waals surface area contributed by atoms with Crippen LogP contribution in [0.15, 0.2) is 42.6 Å². The minimum absolute atomic E-state index is 0.151. The zero-order valence-corrected chi connectivity index (χ0v) is 12.8. The van der Waals surface area contributed by atoms with Gasteiger partial charge in [0, 0.05) is 37.4 Å². The van der Waals surface area contributed by atoms with Crippen LogP contribution in [0, 0.1) is 5.82 Å². The monoisotopic (exact) mass is 321 g/mol. The Kier molecular flexibility index (Phi) is 4.34. The molecule has 1 unspecified atom stereocenters. The van der Waals surface area contributed by atoms with Gasteiger partial charge in [-0.25, -0.2) is 9.18 Å². The first-order valence-electron chi connectivity index (χ1n) is 7.21. The first kappa shape index (κ1) is 14.9. The summed E-state index contributed by atoms with van der Waals surface area (Å²) in [5.74, 6) is 0.0880. The van der Waals surface area contributed by atoms with Gasteiger partial charge in [0.15, 0.2) is 0 Å². The van der Waals surface area contributed by atoms with Gasteiger partial charge in [-0.3, -0.25) is 0 Å². The summed E-state index contributed by atoms with van der Waals surface area (Å²) in [7, 11) is 0. The van der Waals surface area contributed by atoms with Crippen molar-refractivity contribution in [3.8, 4) is 0 Å². The van der Waals surface area contributed by atoms with Crippen LogP contribution in [-0.4, -0.2) is 34.5 Å². The van der Waals surface area contributed by atoms with Gasteiger partial charge in [0.05, 0.1) is 6.04 Å². The summed E-state index contributed by atoms with van der Waals surface area (Å²) in [5.41, 5.74) is 1.92. The van der Waals surface area contributed by atoms with Crippen LogP contribution in [0.1, 0.15) is 17.3 Å². The third kappa shape index (κ3) is 2.81. The topological polar surface area (TPSA) is 37.3 Å². The molecule has 0 spiro atoms. The Morgan fingerprint density at radius 1 is 1.27 bits per heavy atom. The van der Waals surface area contributed by atoms with E-state index in [1.54, 1.807) is 17.0 Å². The summed E-state index contributed by atoms with van der Waals surface area (Å²) in [4.78, 5) is 14.2. The number of carbonyl (C=O) groups is 1. The minimum atomic E-state index is -0.284. The molecule has 22 heavy (non-hydrogen) atoms. The van der Waals surface area contributed by atoms with Crippen molar-refractivity contribution in [3.05, 3.63) is 59.7 Å². The molecular formula is C16H17ClFN3O. The van der Waals surface area contributed by atoms with E-state index in [1.165, 1.54) is 12.1 Å². The average molecular weight is 322 g/mol. The van der Waals surface area contributed by atoms with Crippen LogP contribution >= 0.6 is 11.6 Å². The Balaban J connectivity index is 1.95. The summed E-state index contributed by atoms with van der Waals surface area (Å²) in [5, 5.41) is 2.81. The van der Waals surface area contributed by atoms with E-state index in [9.17, 15) is 9.18 Å². The molecule has 3 rings (SSSR count). The number of halogens is 2. The van der Waals surface area contributed by atoms with E-state index in [2.05, 4.69) is 9.88 Å². The number of carbonyl (C=O) groups excluding carboxylic acids is 1. The molecule has 1 atom stereocenters. The molecule has 1 aliphatic rings. The second-order valence-electron chi connectivity index (χ2n) is 5.19. The number of urea groups is 1. The average Bonchev–Trinajstić information content (AvgIpc) is 3.01. The Hall–Kier alpha value is -2.01. The fourth-order valence-corrected chi connectivity index (χ4v) is 2.95. The van der Waals surface area contributed by atoms with E-state index in [-0.39, 0.29) is 17.9 Å². The number of fused-ring (bicyclic) bond motifs is 1. The molecule has 0 saturated heterocycles. The Morgan fingerprint density at radius 3 is 2.77 bits per heavy atom. The van der Waals surface area contributed by atoms with Gasteiger partial charge in [-0.2, -0.15) is 0 Å². The molecule has 1 aromatic heterocycles. The predicted octanol–water partition coefficient (Wildman–Crippen LogP) is 2.98. The van der Waals surface area contributed by atoms with E-state index in [0.29, 0.717) is 19.0 Å². The maximum atomic E-state index is 13.2. The van der Waals surface area contributed by atoms with Gasteiger partial charge in [-0.1, -0.05) is 12.1 Å². The van der Waals surface area contributed by atoms with Gasteiger partial charge < -0.3 is 14.8 Å². The molecule has 0 radical (unpaired) electrons. The van der Waals surface area contributed by atoms with Crippen LogP contribution in [0.2, 0.25) is 0 Å². The summed E-state index contributed by atoms with van der Waals surface area (Å²) in [6.45, 7) is 1.76. The van der Waals surface area contributed by atoms with E-state index in [0.717, 1.165) is 17.8 Å². The molecule has 2 aromatic rings. The maximum Gasteiger partial charge on any atom is 0.318 e. The van der Waals surface area contributed by atoms with Crippen molar-refractivity contribution < 1.29 is 9.18 Å². The van der Waals surface area contributed by atoms with Crippen LogP contribution in [0.5, 0.6) is 0 Å². The summed E-state index contributed by atoms with van der Waals surface area (Å²) >= 11 is 5.64. The molecule has 4 nitrogen and oxygen atoms in total. The van der Waals surface area contributed by atoms with Crippen LogP contribution in [0.3, 0.4) is 0 Å². The van der Waals surface area contributed by atoms with E-state index < -0.39 is 0 Å². The third-order valence-electron chi connectivity index (χ3n) is 3.86. The Morgan fingerprint density at radius 2 is 2.05 bits per heavy atom. The molecule has 6 heteroatoms. The number of amides is 2. The summed E-state index contributed by atoms with van der Waals surface area (Å²) in [6, 6.07) is 9.89. The van der Waals surface area contributed by atoms with Crippen molar-refractivity contribution in [2.75, 3.05) is 19.0 Å². The lowest BCUT2D eigenvalue weighted by Gasteiger charge is -2.37. The third-order valence-corrected chi connectivity index (χ3v) is 4.04. The fourth-order valence-electron chi connectivity index (χ4n) is 2.85. The van der Waals surface area contributed by atoms with Crippen molar-refractivity contribution in [2.45, 2.75) is 12.6 Å². The summed E-state index contributed by atoms with van der Waals surface area (Å²) < 4.78 is 15.3. The molecule has 1 N–H and O–H groups in total. The van der Waals surface area contributed by atoms with Gasteiger partial charge in [0.1, 0.15) is 5.82 Å². The SMILES string of the molecule is O=C(NCCCl)N1CCn2cccc2C1c1ccc(F)cc1. The molecular weight excluding hydrogens is 305 g/mol. The number of rotatable bonds is 3. The predicted molar refractivity (Wildman–Crippen MR) is 83.5 cm³/mol. The van der Waals surface area contributed by atoms with Crippen molar-refractivity contribution in [2.24, 2.45) is 0 Å². The van der Waals surface area contributed by atoms with E-state index >= 15 is 0 Å². The van der Waals surface area contributed by atoms with E-state index in [1.807, 2.05) is 18.3 Å². The lowest BCUT2D eigenvalue weighted by atomic mass is 10.0. The molecule has 1 aromatic carbocycles. The second kappa shape index (κ2) is 6.40. The first-order chi connectivity index (χ1) is 10.7. The Labute approximate surface area is 133 Å². The standard InChI is InChI=1S/C16H17ClFN3O/c17-7-8-19-16(22)21-11-10-20-9-1-2-14(20)15(21)12-3-5-13(18)6-4-12/h1-6,9,15H,7-8,10-11H2,(H,19,22). The maximum absolute atomic E-state index is 13.2. The zero-order chi connectivity index (χ0) is 15.5. The van der Waals surface area contributed by atoms with Gasteiger partial charge in [-0.15, -0.1) is 11.6 Å².